The lowest BCUT2D eigenvalue weighted by atomic mass is 10.5. The van der Waals surface area contributed by atoms with E-state index < -0.39 is 11.9 Å². The van der Waals surface area contributed by atoms with Crippen LogP contribution >= 0.6 is 11.3 Å². The van der Waals surface area contributed by atoms with Gasteiger partial charge in [0.1, 0.15) is 6.33 Å². The van der Waals surface area contributed by atoms with Crippen molar-refractivity contribution < 1.29 is 19.5 Å². The van der Waals surface area contributed by atoms with E-state index in [2.05, 4.69) is 9.82 Å². The molecule has 0 spiro atoms. The van der Waals surface area contributed by atoms with Gasteiger partial charge in [-0.05, 0) is 10.8 Å². The monoisotopic (exact) mass is 266 g/mol. The summed E-state index contributed by atoms with van der Waals surface area (Å²) in [5.41, 5.74) is 0. The molecule has 0 aliphatic heterocycles. The minimum Gasteiger partial charge on any atom is -0.478 e. The Morgan fingerprint density at radius 1 is 1.28 bits per heavy atom. The average molecular weight is 266 g/mol. The first kappa shape index (κ1) is 13.7. The Balaban J connectivity index is 0.000000269. The molecule has 0 aromatic carbocycles. The van der Waals surface area contributed by atoms with Gasteiger partial charge in [0.05, 0.1) is 6.20 Å². The number of nitrogens with zero attached hydrogens (tertiary/aromatic N) is 2. The zero-order chi connectivity index (χ0) is 13.2. The Kier molecular flexibility index (Phi) is 5.91. The minimum atomic E-state index is -1.21. The van der Waals surface area contributed by atoms with E-state index in [1.807, 2.05) is 22.9 Å². The summed E-state index contributed by atoms with van der Waals surface area (Å²) in [6.45, 7) is 0. The highest BCUT2D eigenvalue weighted by Crippen LogP contribution is 1.91. The molecule has 7 heteroatoms. The van der Waals surface area contributed by atoms with E-state index in [1.165, 1.54) is 18.7 Å². The largest absolute Gasteiger partial charge is 0.478 e. The van der Waals surface area contributed by atoms with E-state index in [0.717, 1.165) is 10.8 Å². The predicted molar refractivity (Wildman–Crippen MR) is 64.9 cm³/mol. The van der Waals surface area contributed by atoms with Crippen LogP contribution in [0.3, 0.4) is 0 Å². The van der Waals surface area contributed by atoms with Crippen LogP contribution in [0.15, 0.2) is 53.8 Å². The van der Waals surface area contributed by atoms with Crippen LogP contribution in [0.25, 0.3) is 0 Å². The van der Waals surface area contributed by atoms with Gasteiger partial charge in [-0.3, -0.25) is 0 Å². The lowest BCUT2D eigenvalue weighted by molar-refractivity contribution is -0.139. The smallest absolute Gasteiger partial charge is 0.356 e. The molecule has 2 aromatic heterocycles. The van der Waals surface area contributed by atoms with Crippen molar-refractivity contribution in [1.82, 2.24) is 9.71 Å². The molecule has 1 N–H and O–H groups in total. The van der Waals surface area contributed by atoms with Gasteiger partial charge in [0.25, 0.3) is 0 Å². The number of rotatable bonds is 3. The van der Waals surface area contributed by atoms with Gasteiger partial charge in [0, 0.05) is 18.3 Å². The first-order chi connectivity index (χ1) is 8.68. The molecule has 0 aliphatic rings. The molecule has 0 unspecified atom stereocenters. The third-order valence-electron chi connectivity index (χ3n) is 1.46. The van der Waals surface area contributed by atoms with Crippen molar-refractivity contribution in [3.05, 3.63) is 53.8 Å². The summed E-state index contributed by atoms with van der Waals surface area (Å²) < 4.78 is 1.06. The summed E-state index contributed by atoms with van der Waals surface area (Å²) in [5.74, 6) is -1.98. The van der Waals surface area contributed by atoms with E-state index in [-0.39, 0.29) is 0 Å². The molecule has 18 heavy (non-hydrogen) atoms. The maximum Gasteiger partial charge on any atom is 0.356 e. The second-order valence-electron chi connectivity index (χ2n) is 2.80. The van der Waals surface area contributed by atoms with E-state index in [4.69, 9.17) is 5.11 Å². The molecule has 2 aromatic rings. The normalized spacial score (nSPS) is 9.56. The van der Waals surface area contributed by atoms with Gasteiger partial charge in [-0.25, -0.2) is 14.6 Å². The number of hydrogen-bond acceptors (Lipinski definition) is 5. The summed E-state index contributed by atoms with van der Waals surface area (Å²) in [6, 6.07) is 4.04. The first-order valence-electron chi connectivity index (χ1n) is 4.77. The Labute approximate surface area is 107 Å². The number of carboxylic acid groups (broad SMARTS) is 1. The summed E-state index contributed by atoms with van der Waals surface area (Å²) >= 11 is 1.71. The van der Waals surface area contributed by atoms with Crippen LogP contribution in [0, 0.1) is 0 Å². The van der Waals surface area contributed by atoms with Gasteiger partial charge in [-0.1, -0.05) is 12.1 Å². The van der Waals surface area contributed by atoms with Gasteiger partial charge >= 0.3 is 11.9 Å². The Bertz CT molecular complexity index is 474. The van der Waals surface area contributed by atoms with Gasteiger partial charge in [0.15, 0.2) is 0 Å². The standard InChI is InChI=1S/C7H6N2O4.C4H4S/c10-6(11)1-2-7(12)13-9-4-3-8-5-9;1-2-4-5-3-1/h1-5H,(H,10,11);1-4H/b2-1-;. The van der Waals surface area contributed by atoms with Gasteiger partial charge < -0.3 is 9.94 Å². The highest BCUT2D eigenvalue weighted by atomic mass is 32.1. The SMILES string of the molecule is O=C(O)/C=C\C(=O)On1ccnc1.c1ccsc1. The molecule has 0 atom stereocenters. The van der Waals surface area contributed by atoms with E-state index >= 15 is 0 Å². The van der Waals surface area contributed by atoms with Crippen molar-refractivity contribution in [2.24, 2.45) is 0 Å². The fraction of sp³-hybridized carbons (Fsp3) is 0. The minimum absolute atomic E-state index is 0.694. The fourth-order valence-corrected chi connectivity index (χ4v) is 1.25. The molecule has 0 fully saturated rings. The first-order valence-corrected chi connectivity index (χ1v) is 5.71. The molecule has 0 saturated heterocycles. The van der Waals surface area contributed by atoms with E-state index in [1.54, 1.807) is 11.3 Å². The van der Waals surface area contributed by atoms with Crippen molar-refractivity contribution in [2.45, 2.75) is 0 Å². The number of aliphatic carboxylic acids is 1. The summed E-state index contributed by atoms with van der Waals surface area (Å²) in [7, 11) is 0. The third kappa shape index (κ3) is 6.23. The van der Waals surface area contributed by atoms with Crippen molar-refractivity contribution >= 4 is 23.3 Å². The molecular formula is C11H10N2O4S. The van der Waals surface area contributed by atoms with Crippen LogP contribution < -0.4 is 4.84 Å². The van der Waals surface area contributed by atoms with Crippen LogP contribution in [0.1, 0.15) is 0 Å². The third-order valence-corrected chi connectivity index (χ3v) is 2.09. The van der Waals surface area contributed by atoms with Crippen LogP contribution in [-0.2, 0) is 9.59 Å². The molecule has 0 aliphatic carbocycles. The quantitative estimate of drug-likeness (QED) is 0.845. The number of aromatic nitrogens is 2. The Hall–Kier alpha value is -2.41. The fourth-order valence-electron chi connectivity index (χ4n) is 0.801. The van der Waals surface area contributed by atoms with Crippen molar-refractivity contribution in [3.8, 4) is 0 Å². The van der Waals surface area contributed by atoms with Crippen molar-refractivity contribution in [1.29, 1.82) is 0 Å². The molecule has 2 heterocycles. The summed E-state index contributed by atoms with van der Waals surface area (Å²) in [6.07, 6.45) is 5.61. The number of carbonyl (C=O) groups is 2. The molecule has 0 bridgehead atoms. The number of imidazole rings is 1. The second kappa shape index (κ2) is 7.80. The van der Waals surface area contributed by atoms with Crippen LogP contribution in [0.2, 0.25) is 0 Å². The highest BCUT2D eigenvalue weighted by molar-refractivity contribution is 7.07. The van der Waals surface area contributed by atoms with Crippen molar-refractivity contribution in [2.75, 3.05) is 0 Å². The average Bonchev–Trinajstić information content (AvgIpc) is 3.01. The molecule has 6 nitrogen and oxygen atoms in total. The molecule has 0 amide bonds. The molecule has 0 radical (unpaired) electrons. The number of carbonyl (C=O) groups excluding carboxylic acids is 1. The lowest BCUT2D eigenvalue weighted by Crippen LogP contribution is -2.15. The maximum absolute atomic E-state index is 10.8. The highest BCUT2D eigenvalue weighted by Gasteiger charge is 1.98. The number of carboxylic acids is 1. The zero-order valence-corrected chi connectivity index (χ0v) is 9.99. The molecule has 0 saturated carbocycles. The number of thiophene rings is 1. The lowest BCUT2D eigenvalue weighted by Gasteiger charge is -1.97. The maximum atomic E-state index is 10.8. The Morgan fingerprint density at radius 3 is 2.44 bits per heavy atom. The summed E-state index contributed by atoms with van der Waals surface area (Å²) in [4.78, 5) is 29.0. The van der Waals surface area contributed by atoms with Crippen molar-refractivity contribution in [3.63, 3.8) is 0 Å². The van der Waals surface area contributed by atoms with Crippen LogP contribution in [-0.4, -0.2) is 26.8 Å². The second-order valence-corrected chi connectivity index (χ2v) is 3.61. The van der Waals surface area contributed by atoms with Gasteiger partial charge in [-0.2, -0.15) is 16.1 Å². The summed E-state index contributed by atoms with van der Waals surface area (Å²) in [5, 5.41) is 12.3. The van der Waals surface area contributed by atoms with Crippen LogP contribution in [0.5, 0.6) is 0 Å². The van der Waals surface area contributed by atoms with E-state index in [0.29, 0.717) is 6.08 Å². The molecule has 2 rings (SSSR count). The topological polar surface area (TPSA) is 81.4 Å². The zero-order valence-electron chi connectivity index (χ0n) is 9.17. The van der Waals surface area contributed by atoms with Gasteiger partial charge in [0.2, 0.25) is 0 Å². The molecular weight excluding hydrogens is 256 g/mol. The predicted octanol–water partition coefficient (Wildman–Crippen LogP) is 1.23. The molecule has 94 valence electrons. The van der Waals surface area contributed by atoms with E-state index in [9.17, 15) is 9.59 Å². The van der Waals surface area contributed by atoms with Gasteiger partial charge in [-0.15, -0.1) is 0 Å². The number of hydrogen-bond donors (Lipinski definition) is 1. The Morgan fingerprint density at radius 2 is 2.00 bits per heavy atom. The van der Waals surface area contributed by atoms with Crippen LogP contribution in [0.4, 0.5) is 0 Å².